The van der Waals surface area contributed by atoms with Gasteiger partial charge in [-0.3, -0.25) is 0 Å². The Morgan fingerprint density at radius 2 is 2.06 bits per heavy atom. The monoisotopic (exact) mass is 271 g/mol. The van der Waals surface area contributed by atoms with Crippen LogP contribution in [0.15, 0.2) is 18.2 Å². The van der Waals surface area contributed by atoms with Gasteiger partial charge in [0.25, 0.3) is 0 Å². The number of hydrogen-bond donors (Lipinski definition) is 1. The first kappa shape index (κ1) is 13.2. The van der Waals surface area contributed by atoms with E-state index in [1.165, 1.54) is 18.4 Å². The van der Waals surface area contributed by atoms with Gasteiger partial charge in [0, 0.05) is 16.1 Å². The highest BCUT2D eigenvalue weighted by molar-refractivity contribution is 6.35. The molecule has 1 aromatic rings. The molecule has 0 spiro atoms. The van der Waals surface area contributed by atoms with Crippen LogP contribution in [0.5, 0.6) is 0 Å². The van der Waals surface area contributed by atoms with Crippen LogP contribution < -0.4 is 5.32 Å². The van der Waals surface area contributed by atoms with E-state index in [1.54, 1.807) is 0 Å². The van der Waals surface area contributed by atoms with Gasteiger partial charge >= 0.3 is 0 Å². The van der Waals surface area contributed by atoms with Crippen LogP contribution in [0, 0.1) is 5.92 Å². The number of nitrogens with one attached hydrogen (secondary N) is 1. The van der Waals surface area contributed by atoms with Gasteiger partial charge in [0.2, 0.25) is 0 Å². The lowest BCUT2D eigenvalue weighted by Gasteiger charge is -2.45. The standard InChI is InChI=1S/C14H19Cl2N/c1-3-10-12(8-14(10)17-4-2)11-6-5-9(15)7-13(11)16/h5-7,10,12,14,17H,3-4,8H2,1-2H3. The third-order valence-electron chi connectivity index (χ3n) is 3.84. The van der Waals surface area contributed by atoms with Crippen LogP contribution >= 0.6 is 23.2 Å². The normalized spacial score (nSPS) is 27.9. The van der Waals surface area contributed by atoms with Crippen molar-refractivity contribution in [3.8, 4) is 0 Å². The van der Waals surface area contributed by atoms with Crippen LogP contribution in [-0.2, 0) is 0 Å². The second-order valence-corrected chi connectivity index (χ2v) is 5.59. The van der Waals surface area contributed by atoms with E-state index >= 15 is 0 Å². The maximum Gasteiger partial charge on any atom is 0.0455 e. The topological polar surface area (TPSA) is 12.0 Å². The molecule has 3 unspecified atom stereocenters. The zero-order chi connectivity index (χ0) is 12.4. The largest absolute Gasteiger partial charge is 0.314 e. The summed E-state index contributed by atoms with van der Waals surface area (Å²) in [4.78, 5) is 0. The van der Waals surface area contributed by atoms with E-state index in [-0.39, 0.29) is 0 Å². The van der Waals surface area contributed by atoms with Gasteiger partial charge in [-0.15, -0.1) is 0 Å². The summed E-state index contributed by atoms with van der Waals surface area (Å²) >= 11 is 12.2. The van der Waals surface area contributed by atoms with Gasteiger partial charge in [-0.25, -0.2) is 0 Å². The lowest BCUT2D eigenvalue weighted by atomic mass is 9.65. The lowest BCUT2D eigenvalue weighted by Crippen LogP contribution is -2.48. The van der Waals surface area contributed by atoms with Crippen molar-refractivity contribution in [1.29, 1.82) is 0 Å². The number of rotatable bonds is 4. The highest BCUT2D eigenvalue weighted by Crippen LogP contribution is 2.46. The summed E-state index contributed by atoms with van der Waals surface area (Å²) in [5, 5.41) is 5.08. The molecule has 3 atom stereocenters. The van der Waals surface area contributed by atoms with Gasteiger partial charge in [0.05, 0.1) is 0 Å². The Morgan fingerprint density at radius 1 is 1.29 bits per heavy atom. The molecule has 0 saturated heterocycles. The van der Waals surface area contributed by atoms with Gasteiger partial charge in [-0.1, -0.05) is 49.5 Å². The molecule has 94 valence electrons. The minimum Gasteiger partial charge on any atom is -0.314 e. The lowest BCUT2D eigenvalue weighted by molar-refractivity contribution is 0.163. The Labute approximate surface area is 114 Å². The van der Waals surface area contributed by atoms with E-state index in [0.29, 0.717) is 22.9 Å². The van der Waals surface area contributed by atoms with Crippen molar-refractivity contribution < 1.29 is 0 Å². The van der Waals surface area contributed by atoms with Crippen LogP contribution in [0.2, 0.25) is 10.0 Å². The Bertz CT molecular complexity index is 392. The number of benzene rings is 1. The molecule has 1 aromatic carbocycles. The van der Waals surface area contributed by atoms with E-state index in [2.05, 4.69) is 25.2 Å². The predicted octanol–water partition coefficient (Wildman–Crippen LogP) is 4.49. The zero-order valence-corrected chi connectivity index (χ0v) is 11.9. The van der Waals surface area contributed by atoms with Crippen LogP contribution in [0.3, 0.4) is 0 Å². The molecule has 0 radical (unpaired) electrons. The fraction of sp³-hybridized carbons (Fsp3) is 0.571. The predicted molar refractivity (Wildman–Crippen MR) is 75.1 cm³/mol. The number of hydrogen-bond acceptors (Lipinski definition) is 1. The minimum absolute atomic E-state index is 0.591. The van der Waals surface area contributed by atoms with Crippen LogP contribution in [0.4, 0.5) is 0 Å². The van der Waals surface area contributed by atoms with Crippen molar-refractivity contribution in [1.82, 2.24) is 5.32 Å². The van der Waals surface area contributed by atoms with Crippen molar-refractivity contribution in [2.75, 3.05) is 6.54 Å². The van der Waals surface area contributed by atoms with Gasteiger partial charge < -0.3 is 5.32 Å². The Kier molecular flexibility index (Phi) is 4.35. The van der Waals surface area contributed by atoms with E-state index in [0.717, 1.165) is 11.6 Å². The molecular weight excluding hydrogens is 253 g/mol. The third-order valence-corrected chi connectivity index (χ3v) is 4.40. The molecule has 1 saturated carbocycles. The molecule has 1 aliphatic carbocycles. The van der Waals surface area contributed by atoms with Crippen LogP contribution in [-0.4, -0.2) is 12.6 Å². The molecule has 2 rings (SSSR count). The van der Waals surface area contributed by atoms with Crippen molar-refractivity contribution in [3.63, 3.8) is 0 Å². The van der Waals surface area contributed by atoms with Crippen LogP contribution in [0.25, 0.3) is 0 Å². The van der Waals surface area contributed by atoms with E-state index in [1.807, 2.05) is 12.1 Å². The summed E-state index contributed by atoms with van der Waals surface area (Å²) < 4.78 is 0. The minimum atomic E-state index is 0.591. The van der Waals surface area contributed by atoms with Crippen molar-refractivity contribution in [3.05, 3.63) is 33.8 Å². The van der Waals surface area contributed by atoms with Crippen molar-refractivity contribution in [2.45, 2.75) is 38.6 Å². The molecule has 1 fully saturated rings. The molecule has 0 aromatic heterocycles. The third kappa shape index (κ3) is 2.62. The quantitative estimate of drug-likeness (QED) is 0.851. The molecule has 0 bridgehead atoms. The summed E-state index contributed by atoms with van der Waals surface area (Å²) in [6.07, 6.45) is 2.38. The first-order valence-electron chi connectivity index (χ1n) is 6.35. The first-order chi connectivity index (χ1) is 8.17. The Balaban J connectivity index is 2.13. The molecule has 0 heterocycles. The molecule has 1 nitrogen and oxygen atoms in total. The smallest absolute Gasteiger partial charge is 0.0455 e. The molecule has 17 heavy (non-hydrogen) atoms. The summed E-state index contributed by atoms with van der Waals surface area (Å²) in [7, 11) is 0. The molecule has 1 aliphatic rings. The molecular formula is C14H19Cl2N. The van der Waals surface area contributed by atoms with Gasteiger partial charge in [-0.05, 0) is 42.5 Å². The first-order valence-corrected chi connectivity index (χ1v) is 7.11. The van der Waals surface area contributed by atoms with E-state index in [9.17, 15) is 0 Å². The van der Waals surface area contributed by atoms with Crippen molar-refractivity contribution >= 4 is 23.2 Å². The summed E-state index contributed by atoms with van der Waals surface area (Å²) in [6.45, 7) is 5.46. The van der Waals surface area contributed by atoms with E-state index < -0.39 is 0 Å². The Hall–Kier alpha value is -0.240. The van der Waals surface area contributed by atoms with Gasteiger partial charge in [-0.2, -0.15) is 0 Å². The van der Waals surface area contributed by atoms with Gasteiger partial charge in [0.1, 0.15) is 0 Å². The highest BCUT2D eigenvalue weighted by atomic mass is 35.5. The second kappa shape index (κ2) is 5.60. The summed E-state index contributed by atoms with van der Waals surface area (Å²) in [6, 6.07) is 6.53. The summed E-state index contributed by atoms with van der Waals surface area (Å²) in [5.74, 6) is 1.29. The fourth-order valence-electron chi connectivity index (χ4n) is 2.93. The number of halogens is 2. The van der Waals surface area contributed by atoms with E-state index in [4.69, 9.17) is 23.2 Å². The zero-order valence-electron chi connectivity index (χ0n) is 10.3. The molecule has 0 aliphatic heterocycles. The van der Waals surface area contributed by atoms with Gasteiger partial charge in [0.15, 0.2) is 0 Å². The molecule has 3 heteroatoms. The average molecular weight is 272 g/mol. The second-order valence-electron chi connectivity index (χ2n) is 4.74. The maximum atomic E-state index is 6.28. The van der Waals surface area contributed by atoms with Crippen molar-refractivity contribution in [2.24, 2.45) is 5.92 Å². The van der Waals surface area contributed by atoms with Crippen LogP contribution in [0.1, 0.15) is 38.2 Å². The molecule has 1 N–H and O–H groups in total. The molecule has 0 amide bonds. The fourth-order valence-corrected chi connectivity index (χ4v) is 3.48. The SMILES string of the molecule is CCNC1CC(c2ccc(Cl)cc2Cl)C1CC. The highest BCUT2D eigenvalue weighted by Gasteiger charge is 2.40. The Morgan fingerprint density at radius 3 is 2.65 bits per heavy atom. The average Bonchev–Trinajstić information content (AvgIpc) is 2.26. The summed E-state index contributed by atoms with van der Waals surface area (Å²) in [5.41, 5.74) is 1.26. The maximum absolute atomic E-state index is 6.28.